The smallest absolute Gasteiger partial charge is 0.209 e. The number of aromatic amines is 1. The molecule has 0 unspecified atom stereocenters. The Hall–Kier alpha value is -1.04. The highest BCUT2D eigenvalue weighted by atomic mass is 35.5. The second-order valence-electron chi connectivity index (χ2n) is 3.16. The fraction of sp³-hybridized carbons (Fsp3) is 0.0909. The second-order valence-corrected chi connectivity index (χ2v) is 5.61. The van der Waals surface area contributed by atoms with Crippen molar-refractivity contribution in [2.75, 3.05) is 5.75 Å². The Kier molecular flexibility index (Phi) is 4.42. The molecule has 0 aromatic carbocycles. The first-order chi connectivity index (χ1) is 8.24. The Labute approximate surface area is 113 Å². The lowest BCUT2D eigenvalue weighted by Crippen LogP contribution is -1.79. The summed E-state index contributed by atoms with van der Waals surface area (Å²) in [7, 11) is 0. The predicted molar refractivity (Wildman–Crippen MR) is 75.3 cm³/mol. The molecule has 0 aliphatic heterocycles. The summed E-state index contributed by atoms with van der Waals surface area (Å²) in [5.74, 6) is 1.36. The van der Waals surface area contributed by atoms with Crippen LogP contribution in [-0.4, -0.2) is 20.9 Å². The third kappa shape index (κ3) is 4.03. The van der Waals surface area contributed by atoms with Gasteiger partial charge in [-0.05, 0) is 23.6 Å². The Morgan fingerprint density at radius 3 is 3.18 bits per heavy atom. The minimum atomic E-state index is 0.593. The highest BCUT2D eigenvalue weighted by molar-refractivity contribution is 7.99. The standard InChI is InChI=1S/C11H10ClN3S2/c1-8(12)7-17-11-13-10(14-15-11)5-4-9-3-2-6-16-9/h2-6H,1,7H2,(H,13,14,15)/b5-4+. The second kappa shape index (κ2) is 6.05. The zero-order chi connectivity index (χ0) is 12.1. The maximum absolute atomic E-state index is 5.67. The van der Waals surface area contributed by atoms with E-state index in [1.54, 1.807) is 11.3 Å². The molecule has 1 N–H and O–H groups in total. The van der Waals surface area contributed by atoms with E-state index in [0.717, 1.165) is 5.82 Å². The van der Waals surface area contributed by atoms with Gasteiger partial charge in [-0.1, -0.05) is 36.0 Å². The van der Waals surface area contributed by atoms with Crippen LogP contribution in [0.15, 0.2) is 34.3 Å². The molecule has 3 nitrogen and oxygen atoms in total. The first kappa shape index (κ1) is 12.4. The minimum Gasteiger partial charge on any atom is -0.259 e. The Morgan fingerprint density at radius 1 is 1.59 bits per heavy atom. The van der Waals surface area contributed by atoms with Crippen LogP contribution < -0.4 is 0 Å². The van der Waals surface area contributed by atoms with Gasteiger partial charge in [-0.2, -0.15) is 0 Å². The Bertz CT molecular complexity index is 517. The summed E-state index contributed by atoms with van der Waals surface area (Å²) >= 11 is 8.81. The van der Waals surface area contributed by atoms with E-state index in [1.807, 2.05) is 29.7 Å². The van der Waals surface area contributed by atoms with Crippen LogP contribution in [0.3, 0.4) is 0 Å². The van der Waals surface area contributed by atoms with Gasteiger partial charge in [0.2, 0.25) is 5.16 Å². The summed E-state index contributed by atoms with van der Waals surface area (Å²) in [6, 6.07) is 4.06. The molecule has 0 atom stereocenters. The van der Waals surface area contributed by atoms with Crippen molar-refractivity contribution in [2.24, 2.45) is 0 Å². The predicted octanol–water partition coefficient (Wildman–Crippen LogP) is 3.88. The van der Waals surface area contributed by atoms with E-state index < -0.39 is 0 Å². The maximum Gasteiger partial charge on any atom is 0.209 e. The van der Waals surface area contributed by atoms with Crippen molar-refractivity contribution in [3.05, 3.63) is 39.8 Å². The molecule has 17 heavy (non-hydrogen) atoms. The van der Waals surface area contributed by atoms with Gasteiger partial charge in [0.15, 0.2) is 0 Å². The molecular weight excluding hydrogens is 274 g/mol. The molecule has 88 valence electrons. The van der Waals surface area contributed by atoms with Crippen molar-refractivity contribution in [1.29, 1.82) is 0 Å². The summed E-state index contributed by atoms with van der Waals surface area (Å²) in [6.45, 7) is 3.61. The molecule has 0 amide bonds. The number of halogens is 1. The van der Waals surface area contributed by atoms with Gasteiger partial charge in [-0.25, -0.2) is 4.98 Å². The number of aromatic nitrogens is 3. The SMILES string of the molecule is C=C(Cl)CSc1n[nH]c(/C=C/c2cccs2)n1. The topological polar surface area (TPSA) is 41.6 Å². The molecule has 0 radical (unpaired) electrons. The number of thioether (sulfide) groups is 1. The van der Waals surface area contributed by atoms with E-state index in [0.29, 0.717) is 15.9 Å². The molecule has 0 bridgehead atoms. The van der Waals surface area contributed by atoms with Crippen molar-refractivity contribution in [1.82, 2.24) is 15.2 Å². The number of rotatable bonds is 5. The first-order valence-electron chi connectivity index (χ1n) is 4.84. The van der Waals surface area contributed by atoms with Gasteiger partial charge in [-0.15, -0.1) is 16.4 Å². The Balaban J connectivity index is 1.96. The van der Waals surface area contributed by atoms with Gasteiger partial charge in [0.25, 0.3) is 0 Å². The van der Waals surface area contributed by atoms with Crippen LogP contribution in [0.2, 0.25) is 0 Å². The molecule has 0 fully saturated rings. The van der Waals surface area contributed by atoms with Gasteiger partial charge in [0, 0.05) is 15.7 Å². The number of thiophene rings is 1. The van der Waals surface area contributed by atoms with Crippen molar-refractivity contribution in [3.8, 4) is 0 Å². The number of hydrogen-bond donors (Lipinski definition) is 1. The monoisotopic (exact) mass is 283 g/mol. The highest BCUT2D eigenvalue weighted by Gasteiger charge is 2.01. The van der Waals surface area contributed by atoms with Crippen LogP contribution in [0.4, 0.5) is 0 Å². The van der Waals surface area contributed by atoms with Crippen LogP contribution in [-0.2, 0) is 0 Å². The van der Waals surface area contributed by atoms with Gasteiger partial charge >= 0.3 is 0 Å². The average molecular weight is 284 g/mol. The fourth-order valence-electron chi connectivity index (χ4n) is 1.09. The van der Waals surface area contributed by atoms with Gasteiger partial charge in [0.1, 0.15) is 5.82 Å². The van der Waals surface area contributed by atoms with Gasteiger partial charge < -0.3 is 0 Å². The molecule has 0 saturated heterocycles. The number of nitrogens with zero attached hydrogens (tertiary/aromatic N) is 2. The van der Waals surface area contributed by atoms with Crippen molar-refractivity contribution in [3.63, 3.8) is 0 Å². The fourth-order valence-corrected chi connectivity index (χ4v) is 2.43. The summed E-state index contributed by atoms with van der Waals surface area (Å²) in [5.41, 5.74) is 0. The normalized spacial score (nSPS) is 11.1. The molecule has 2 aromatic rings. The first-order valence-corrected chi connectivity index (χ1v) is 7.08. The zero-order valence-electron chi connectivity index (χ0n) is 8.89. The van der Waals surface area contributed by atoms with Crippen LogP contribution >= 0.6 is 34.7 Å². The van der Waals surface area contributed by atoms with Crippen LogP contribution in [0.25, 0.3) is 12.2 Å². The van der Waals surface area contributed by atoms with E-state index in [2.05, 4.69) is 21.8 Å². The molecule has 2 aromatic heterocycles. The lowest BCUT2D eigenvalue weighted by Gasteiger charge is -1.90. The third-order valence-corrected chi connectivity index (χ3v) is 3.85. The van der Waals surface area contributed by atoms with Crippen molar-refractivity contribution < 1.29 is 0 Å². The molecule has 2 heterocycles. The quantitative estimate of drug-likeness (QED) is 0.847. The van der Waals surface area contributed by atoms with Gasteiger partial charge in [-0.3, -0.25) is 5.10 Å². The number of H-pyrrole nitrogens is 1. The molecule has 6 heteroatoms. The van der Waals surface area contributed by atoms with E-state index in [9.17, 15) is 0 Å². The summed E-state index contributed by atoms with van der Waals surface area (Å²) in [6.07, 6.45) is 3.90. The highest BCUT2D eigenvalue weighted by Crippen LogP contribution is 2.18. The lowest BCUT2D eigenvalue weighted by atomic mass is 10.4. The zero-order valence-corrected chi connectivity index (χ0v) is 11.3. The summed E-state index contributed by atoms with van der Waals surface area (Å²) < 4.78 is 0. The van der Waals surface area contributed by atoms with Crippen molar-refractivity contribution in [2.45, 2.75) is 5.16 Å². The summed E-state index contributed by atoms with van der Waals surface area (Å²) in [4.78, 5) is 5.48. The lowest BCUT2D eigenvalue weighted by molar-refractivity contribution is 0.974. The third-order valence-electron chi connectivity index (χ3n) is 1.79. The van der Waals surface area contributed by atoms with Crippen LogP contribution in [0.5, 0.6) is 0 Å². The molecule has 0 saturated carbocycles. The average Bonchev–Trinajstić information content (AvgIpc) is 2.95. The van der Waals surface area contributed by atoms with Crippen LogP contribution in [0.1, 0.15) is 10.7 Å². The summed E-state index contributed by atoms with van der Waals surface area (Å²) in [5, 5.41) is 10.2. The molecule has 2 rings (SSSR count). The number of hydrogen-bond acceptors (Lipinski definition) is 4. The minimum absolute atomic E-state index is 0.593. The molecule has 0 spiro atoms. The molecular formula is C11H10ClN3S2. The molecule has 0 aliphatic carbocycles. The van der Waals surface area contributed by atoms with Crippen molar-refractivity contribution >= 4 is 46.9 Å². The van der Waals surface area contributed by atoms with Crippen LogP contribution in [0, 0.1) is 0 Å². The maximum atomic E-state index is 5.67. The van der Waals surface area contributed by atoms with E-state index in [-0.39, 0.29) is 0 Å². The van der Waals surface area contributed by atoms with E-state index >= 15 is 0 Å². The number of nitrogens with one attached hydrogen (secondary N) is 1. The Morgan fingerprint density at radius 2 is 2.47 bits per heavy atom. The van der Waals surface area contributed by atoms with E-state index in [4.69, 9.17) is 11.6 Å². The van der Waals surface area contributed by atoms with Gasteiger partial charge in [0.05, 0.1) is 0 Å². The molecule has 0 aliphatic rings. The largest absolute Gasteiger partial charge is 0.259 e. The van der Waals surface area contributed by atoms with E-state index in [1.165, 1.54) is 16.6 Å².